The third-order valence-electron chi connectivity index (χ3n) is 4.86. The summed E-state index contributed by atoms with van der Waals surface area (Å²) in [4.78, 5) is 11.0. The summed E-state index contributed by atoms with van der Waals surface area (Å²) >= 11 is 0. The van der Waals surface area contributed by atoms with Crippen LogP contribution in [0.25, 0.3) is 0 Å². The molecule has 24 heavy (non-hydrogen) atoms. The number of anilines is 1. The van der Waals surface area contributed by atoms with Gasteiger partial charge < -0.3 is 9.64 Å². The number of ether oxygens (including phenoxy) is 1. The predicted molar refractivity (Wildman–Crippen MR) is 92.6 cm³/mol. The standard InChI is InChI=1S/C16H26N4O3S/c1-4-5-8-24(21,22)20-7-6-16(11-20)12-23-10-13-9-17-15(19(2)3)18-14(13)16/h9H,4-8,10-12H2,1-3H3/t16-/m1/s1. The lowest BCUT2D eigenvalue weighted by atomic mass is 9.81. The Balaban J connectivity index is 1.90. The molecule has 0 radical (unpaired) electrons. The Morgan fingerprint density at radius 1 is 1.42 bits per heavy atom. The Morgan fingerprint density at radius 2 is 2.21 bits per heavy atom. The summed E-state index contributed by atoms with van der Waals surface area (Å²) < 4.78 is 32.5. The number of hydrogen-bond acceptors (Lipinski definition) is 6. The van der Waals surface area contributed by atoms with E-state index in [1.54, 1.807) is 4.31 Å². The fourth-order valence-electron chi connectivity index (χ4n) is 3.44. The van der Waals surface area contributed by atoms with Crippen molar-refractivity contribution in [2.75, 3.05) is 44.4 Å². The maximum absolute atomic E-state index is 12.5. The molecule has 0 bridgehead atoms. The first-order valence-corrected chi connectivity index (χ1v) is 10.1. The van der Waals surface area contributed by atoms with E-state index in [4.69, 9.17) is 9.72 Å². The highest BCUT2D eigenvalue weighted by Crippen LogP contribution is 2.40. The van der Waals surface area contributed by atoms with Crippen molar-refractivity contribution in [3.63, 3.8) is 0 Å². The number of fused-ring (bicyclic) bond motifs is 2. The molecule has 8 heteroatoms. The quantitative estimate of drug-likeness (QED) is 0.789. The van der Waals surface area contributed by atoms with Gasteiger partial charge in [0.05, 0.1) is 30.1 Å². The van der Waals surface area contributed by atoms with Gasteiger partial charge in [0.15, 0.2) is 0 Å². The lowest BCUT2D eigenvalue weighted by molar-refractivity contribution is 0.0531. The molecule has 134 valence electrons. The van der Waals surface area contributed by atoms with Crippen LogP contribution in [0.4, 0.5) is 5.95 Å². The van der Waals surface area contributed by atoms with Crippen LogP contribution < -0.4 is 4.90 Å². The number of unbranched alkanes of at least 4 members (excludes halogenated alkanes) is 1. The van der Waals surface area contributed by atoms with Crippen molar-refractivity contribution in [3.8, 4) is 0 Å². The highest BCUT2D eigenvalue weighted by molar-refractivity contribution is 7.89. The van der Waals surface area contributed by atoms with Gasteiger partial charge in [-0.15, -0.1) is 0 Å². The molecule has 7 nitrogen and oxygen atoms in total. The van der Waals surface area contributed by atoms with E-state index in [-0.39, 0.29) is 11.2 Å². The second-order valence-electron chi connectivity index (χ2n) is 6.96. The molecule has 1 fully saturated rings. The van der Waals surface area contributed by atoms with Crippen LogP contribution in [0.3, 0.4) is 0 Å². The Labute approximate surface area is 144 Å². The monoisotopic (exact) mass is 354 g/mol. The van der Waals surface area contributed by atoms with Gasteiger partial charge >= 0.3 is 0 Å². The van der Waals surface area contributed by atoms with Crippen LogP contribution in [-0.4, -0.2) is 62.2 Å². The Kier molecular flexibility index (Phi) is 4.81. The van der Waals surface area contributed by atoms with Crippen LogP contribution in [0, 0.1) is 0 Å². The second-order valence-corrected chi connectivity index (χ2v) is 9.05. The zero-order chi connectivity index (χ0) is 17.4. The molecule has 2 aliphatic rings. The molecule has 0 aromatic carbocycles. The molecule has 0 unspecified atom stereocenters. The van der Waals surface area contributed by atoms with Crippen molar-refractivity contribution < 1.29 is 13.2 Å². The third kappa shape index (κ3) is 3.14. The number of sulfonamides is 1. The molecule has 1 aromatic rings. The highest BCUT2D eigenvalue weighted by Gasteiger charge is 2.47. The average molecular weight is 354 g/mol. The van der Waals surface area contributed by atoms with Gasteiger partial charge in [-0.25, -0.2) is 22.7 Å². The zero-order valence-corrected chi connectivity index (χ0v) is 15.5. The van der Waals surface area contributed by atoms with Crippen LogP contribution in [0.15, 0.2) is 6.20 Å². The molecule has 3 heterocycles. The molecule has 1 atom stereocenters. The molecule has 1 aromatic heterocycles. The van der Waals surface area contributed by atoms with Crippen LogP contribution in [-0.2, 0) is 26.8 Å². The summed E-state index contributed by atoms with van der Waals surface area (Å²) in [7, 11) is 0.611. The minimum atomic E-state index is -3.20. The van der Waals surface area contributed by atoms with Crippen molar-refractivity contribution >= 4 is 16.0 Å². The first kappa shape index (κ1) is 17.6. The van der Waals surface area contributed by atoms with Gasteiger partial charge in [-0.2, -0.15) is 0 Å². The van der Waals surface area contributed by atoms with Gasteiger partial charge in [-0.3, -0.25) is 0 Å². The number of aromatic nitrogens is 2. The van der Waals surface area contributed by atoms with E-state index in [0.717, 1.165) is 24.1 Å². The SMILES string of the molecule is CCCCS(=O)(=O)N1CC[C@]2(COCc3cnc(N(C)C)nc32)C1. The fourth-order valence-corrected chi connectivity index (χ4v) is 5.17. The van der Waals surface area contributed by atoms with E-state index in [1.165, 1.54) is 0 Å². The van der Waals surface area contributed by atoms with Crippen molar-refractivity contribution in [3.05, 3.63) is 17.5 Å². The summed E-state index contributed by atoms with van der Waals surface area (Å²) in [6.07, 6.45) is 4.14. The van der Waals surface area contributed by atoms with E-state index in [9.17, 15) is 8.42 Å². The van der Waals surface area contributed by atoms with Crippen LogP contribution in [0.2, 0.25) is 0 Å². The summed E-state index contributed by atoms with van der Waals surface area (Å²) in [6.45, 7) is 4.01. The minimum Gasteiger partial charge on any atom is -0.376 e. The Morgan fingerprint density at radius 3 is 2.92 bits per heavy atom. The smallest absolute Gasteiger partial charge is 0.225 e. The molecule has 0 N–H and O–H groups in total. The van der Waals surface area contributed by atoms with Gasteiger partial charge in [0.1, 0.15) is 0 Å². The lowest BCUT2D eigenvalue weighted by Gasteiger charge is -2.34. The average Bonchev–Trinajstić information content (AvgIpc) is 2.99. The van der Waals surface area contributed by atoms with Gasteiger partial charge in [0.2, 0.25) is 16.0 Å². The fraction of sp³-hybridized carbons (Fsp3) is 0.750. The molecule has 0 saturated carbocycles. The maximum atomic E-state index is 12.5. The molecule has 0 amide bonds. The molecule has 1 spiro atoms. The molecule has 2 aliphatic heterocycles. The Bertz CT molecular complexity index is 707. The lowest BCUT2D eigenvalue weighted by Crippen LogP contribution is -2.42. The second kappa shape index (κ2) is 6.57. The van der Waals surface area contributed by atoms with Gasteiger partial charge in [-0.1, -0.05) is 13.3 Å². The van der Waals surface area contributed by atoms with Crippen molar-refractivity contribution in [2.24, 2.45) is 0 Å². The van der Waals surface area contributed by atoms with Crippen LogP contribution in [0.1, 0.15) is 37.4 Å². The van der Waals surface area contributed by atoms with E-state index in [1.807, 2.05) is 32.1 Å². The first-order chi connectivity index (χ1) is 11.4. The summed E-state index contributed by atoms with van der Waals surface area (Å²) in [5, 5.41) is 0. The van der Waals surface area contributed by atoms with E-state index in [0.29, 0.717) is 38.7 Å². The zero-order valence-electron chi connectivity index (χ0n) is 14.7. The first-order valence-electron chi connectivity index (χ1n) is 8.47. The minimum absolute atomic E-state index is 0.222. The van der Waals surface area contributed by atoms with Crippen molar-refractivity contribution in [1.29, 1.82) is 0 Å². The summed E-state index contributed by atoms with van der Waals surface area (Å²) in [5.41, 5.74) is 1.58. The molecule has 0 aliphatic carbocycles. The normalized spacial score (nSPS) is 24.3. The van der Waals surface area contributed by atoms with E-state index in [2.05, 4.69) is 4.98 Å². The number of nitrogens with zero attached hydrogens (tertiary/aromatic N) is 4. The van der Waals surface area contributed by atoms with Gasteiger partial charge in [-0.05, 0) is 12.8 Å². The third-order valence-corrected chi connectivity index (χ3v) is 6.76. The van der Waals surface area contributed by atoms with Crippen LogP contribution in [0.5, 0.6) is 0 Å². The molecule has 3 rings (SSSR count). The summed E-state index contributed by atoms with van der Waals surface area (Å²) in [6, 6.07) is 0. The predicted octanol–water partition coefficient (Wildman–Crippen LogP) is 1.15. The topological polar surface area (TPSA) is 75.6 Å². The van der Waals surface area contributed by atoms with E-state index < -0.39 is 10.0 Å². The summed E-state index contributed by atoms with van der Waals surface area (Å²) in [5.74, 6) is 0.877. The van der Waals surface area contributed by atoms with Crippen molar-refractivity contribution in [1.82, 2.24) is 14.3 Å². The van der Waals surface area contributed by atoms with Gasteiger partial charge in [0.25, 0.3) is 0 Å². The number of rotatable bonds is 5. The number of hydrogen-bond donors (Lipinski definition) is 0. The van der Waals surface area contributed by atoms with Crippen molar-refractivity contribution in [2.45, 2.75) is 38.2 Å². The molecular formula is C16H26N4O3S. The Hall–Kier alpha value is -1.25. The largest absolute Gasteiger partial charge is 0.376 e. The molecule has 1 saturated heterocycles. The van der Waals surface area contributed by atoms with Gasteiger partial charge in [0, 0.05) is 38.9 Å². The highest BCUT2D eigenvalue weighted by atomic mass is 32.2. The van der Waals surface area contributed by atoms with Crippen LogP contribution >= 0.6 is 0 Å². The van der Waals surface area contributed by atoms with E-state index >= 15 is 0 Å². The maximum Gasteiger partial charge on any atom is 0.225 e. The molecular weight excluding hydrogens is 328 g/mol.